The van der Waals surface area contributed by atoms with Crippen molar-refractivity contribution in [2.24, 2.45) is 5.10 Å². The van der Waals surface area contributed by atoms with Gasteiger partial charge in [0.05, 0.1) is 6.21 Å². The zero-order valence-corrected chi connectivity index (χ0v) is 17.0. The standard InChI is InChI=1S/C19H18BrFN4S/c1-19(2,3)14-6-4-12(5-7-14)17-23-24-18(26)25(17)22-11-13-10-15(20)8-9-16(13)21/h4-11H,1-3H3,(H,24,26). The first-order valence-electron chi connectivity index (χ1n) is 8.03. The number of nitrogens with one attached hydrogen (secondary N) is 1. The Kier molecular flexibility index (Phi) is 5.20. The third kappa shape index (κ3) is 3.99. The van der Waals surface area contributed by atoms with Crippen LogP contribution in [0.3, 0.4) is 0 Å². The smallest absolute Gasteiger partial charge is 0.216 e. The summed E-state index contributed by atoms with van der Waals surface area (Å²) in [7, 11) is 0. The second-order valence-corrected chi connectivity index (χ2v) is 8.20. The molecule has 3 rings (SSSR count). The van der Waals surface area contributed by atoms with Crippen LogP contribution in [0.4, 0.5) is 4.39 Å². The van der Waals surface area contributed by atoms with Gasteiger partial charge in [0.25, 0.3) is 0 Å². The van der Waals surface area contributed by atoms with Gasteiger partial charge in [0, 0.05) is 15.6 Å². The fraction of sp³-hybridized carbons (Fsp3) is 0.211. The van der Waals surface area contributed by atoms with Crippen molar-refractivity contribution < 1.29 is 4.39 Å². The van der Waals surface area contributed by atoms with Crippen molar-refractivity contribution in [2.75, 3.05) is 0 Å². The molecule has 1 aromatic heterocycles. The van der Waals surface area contributed by atoms with E-state index >= 15 is 0 Å². The Morgan fingerprint density at radius 1 is 1.19 bits per heavy atom. The van der Waals surface area contributed by atoms with Crippen molar-refractivity contribution in [1.29, 1.82) is 0 Å². The van der Waals surface area contributed by atoms with Crippen LogP contribution in [0.2, 0.25) is 0 Å². The molecule has 0 saturated heterocycles. The van der Waals surface area contributed by atoms with E-state index in [1.54, 1.807) is 12.1 Å². The lowest BCUT2D eigenvalue weighted by Gasteiger charge is -2.18. The highest BCUT2D eigenvalue weighted by atomic mass is 79.9. The summed E-state index contributed by atoms with van der Waals surface area (Å²) >= 11 is 8.59. The lowest BCUT2D eigenvalue weighted by Crippen LogP contribution is -2.10. The minimum atomic E-state index is -0.358. The summed E-state index contributed by atoms with van der Waals surface area (Å²) in [6.45, 7) is 6.48. The van der Waals surface area contributed by atoms with Crippen molar-refractivity contribution in [3.63, 3.8) is 0 Å². The van der Waals surface area contributed by atoms with Gasteiger partial charge < -0.3 is 0 Å². The molecular weight excluding hydrogens is 415 g/mol. The lowest BCUT2D eigenvalue weighted by molar-refractivity contribution is 0.590. The van der Waals surface area contributed by atoms with Crippen LogP contribution in [0.15, 0.2) is 52.0 Å². The largest absolute Gasteiger partial charge is 0.250 e. The molecule has 0 radical (unpaired) electrons. The number of benzene rings is 2. The summed E-state index contributed by atoms with van der Waals surface area (Å²) in [5.41, 5.74) is 2.52. The molecule has 2 aromatic carbocycles. The molecule has 1 N–H and O–H groups in total. The summed E-state index contributed by atoms with van der Waals surface area (Å²) in [4.78, 5) is 0. The highest BCUT2D eigenvalue weighted by Gasteiger charge is 2.14. The van der Waals surface area contributed by atoms with E-state index in [2.05, 4.69) is 64.1 Å². The van der Waals surface area contributed by atoms with Gasteiger partial charge in [0.15, 0.2) is 5.82 Å². The predicted octanol–water partition coefficient (Wildman–Crippen LogP) is 5.69. The maximum atomic E-state index is 13.9. The van der Waals surface area contributed by atoms with E-state index in [1.165, 1.54) is 22.5 Å². The number of hydrogen-bond donors (Lipinski definition) is 1. The second-order valence-electron chi connectivity index (χ2n) is 6.90. The number of rotatable bonds is 3. The number of nitrogens with zero attached hydrogens (tertiary/aromatic N) is 3. The molecule has 0 fully saturated rings. The van der Waals surface area contributed by atoms with Crippen LogP contribution >= 0.6 is 28.1 Å². The molecule has 0 spiro atoms. The van der Waals surface area contributed by atoms with E-state index < -0.39 is 0 Å². The first-order chi connectivity index (χ1) is 12.3. The maximum absolute atomic E-state index is 13.9. The van der Waals surface area contributed by atoms with Crippen LogP contribution in [0.25, 0.3) is 11.4 Å². The van der Waals surface area contributed by atoms with E-state index in [9.17, 15) is 4.39 Å². The van der Waals surface area contributed by atoms with E-state index in [-0.39, 0.29) is 11.2 Å². The van der Waals surface area contributed by atoms with Crippen molar-refractivity contribution in [3.8, 4) is 11.4 Å². The highest BCUT2D eigenvalue weighted by Crippen LogP contribution is 2.25. The van der Waals surface area contributed by atoms with Gasteiger partial charge in [-0.25, -0.2) is 9.49 Å². The van der Waals surface area contributed by atoms with E-state index in [0.29, 0.717) is 16.2 Å². The zero-order valence-electron chi connectivity index (χ0n) is 14.6. The SMILES string of the molecule is CC(C)(C)c1ccc(-c2n[nH]c(=S)n2N=Cc2cc(Br)ccc2F)cc1. The van der Waals surface area contributed by atoms with Gasteiger partial charge in [-0.1, -0.05) is 61.0 Å². The Morgan fingerprint density at radius 3 is 2.54 bits per heavy atom. The van der Waals surface area contributed by atoms with Crippen LogP contribution in [0.5, 0.6) is 0 Å². The number of hydrogen-bond acceptors (Lipinski definition) is 3. The van der Waals surface area contributed by atoms with E-state index in [4.69, 9.17) is 12.2 Å². The molecule has 7 heteroatoms. The fourth-order valence-electron chi connectivity index (χ4n) is 2.44. The van der Waals surface area contributed by atoms with Crippen molar-refractivity contribution in [2.45, 2.75) is 26.2 Å². The number of aromatic nitrogens is 3. The van der Waals surface area contributed by atoms with E-state index in [0.717, 1.165) is 10.0 Å². The highest BCUT2D eigenvalue weighted by molar-refractivity contribution is 9.10. The summed E-state index contributed by atoms with van der Waals surface area (Å²) in [6, 6.07) is 12.8. The summed E-state index contributed by atoms with van der Waals surface area (Å²) in [5, 5.41) is 11.3. The summed E-state index contributed by atoms with van der Waals surface area (Å²) in [5.74, 6) is 0.213. The Bertz CT molecular complexity index is 1010. The minimum absolute atomic E-state index is 0.0691. The Hall–Kier alpha value is -2.12. The fourth-order valence-corrected chi connectivity index (χ4v) is 3.00. The molecule has 0 aliphatic rings. The van der Waals surface area contributed by atoms with Gasteiger partial charge in [-0.3, -0.25) is 0 Å². The molecule has 0 aliphatic carbocycles. The monoisotopic (exact) mass is 432 g/mol. The topological polar surface area (TPSA) is 46.0 Å². The Morgan fingerprint density at radius 2 is 1.88 bits per heavy atom. The number of H-pyrrole nitrogens is 1. The predicted molar refractivity (Wildman–Crippen MR) is 109 cm³/mol. The Labute approximate surface area is 164 Å². The number of aromatic amines is 1. The van der Waals surface area contributed by atoms with Crippen molar-refractivity contribution in [1.82, 2.24) is 14.9 Å². The van der Waals surface area contributed by atoms with Gasteiger partial charge in [0.1, 0.15) is 5.82 Å². The normalized spacial score (nSPS) is 12.0. The van der Waals surface area contributed by atoms with Gasteiger partial charge >= 0.3 is 0 Å². The maximum Gasteiger partial charge on any atom is 0.216 e. The molecule has 1 heterocycles. The molecule has 0 amide bonds. The van der Waals surface area contributed by atoms with Crippen LogP contribution in [-0.2, 0) is 5.41 Å². The average Bonchev–Trinajstić information content (AvgIpc) is 2.96. The first kappa shape index (κ1) is 18.7. The molecule has 4 nitrogen and oxygen atoms in total. The number of halogens is 2. The quantitative estimate of drug-likeness (QED) is 0.426. The molecule has 26 heavy (non-hydrogen) atoms. The van der Waals surface area contributed by atoms with Gasteiger partial charge in [0.2, 0.25) is 4.77 Å². The Balaban J connectivity index is 1.98. The van der Waals surface area contributed by atoms with Crippen LogP contribution in [-0.4, -0.2) is 21.1 Å². The van der Waals surface area contributed by atoms with Gasteiger partial charge in [-0.2, -0.15) is 14.9 Å². The van der Waals surface area contributed by atoms with Crippen molar-refractivity contribution in [3.05, 3.63) is 68.7 Å². The third-order valence-electron chi connectivity index (χ3n) is 3.93. The van der Waals surface area contributed by atoms with Crippen LogP contribution < -0.4 is 0 Å². The average molecular weight is 433 g/mol. The molecule has 0 aliphatic heterocycles. The third-order valence-corrected chi connectivity index (χ3v) is 4.69. The molecule has 0 atom stereocenters. The van der Waals surface area contributed by atoms with Gasteiger partial charge in [-0.05, 0) is 41.4 Å². The summed E-state index contributed by atoms with van der Waals surface area (Å²) in [6.07, 6.45) is 1.43. The molecule has 0 unspecified atom stereocenters. The molecule has 3 aromatic rings. The van der Waals surface area contributed by atoms with Crippen LogP contribution in [0, 0.1) is 10.6 Å². The zero-order chi connectivity index (χ0) is 18.9. The summed E-state index contributed by atoms with van der Waals surface area (Å²) < 4.78 is 16.5. The first-order valence-corrected chi connectivity index (χ1v) is 9.23. The second kappa shape index (κ2) is 7.25. The van der Waals surface area contributed by atoms with Crippen LogP contribution in [0.1, 0.15) is 31.9 Å². The van der Waals surface area contributed by atoms with E-state index in [1.807, 2.05) is 12.1 Å². The molecule has 134 valence electrons. The molecule has 0 saturated carbocycles. The molecule has 0 bridgehead atoms. The minimum Gasteiger partial charge on any atom is -0.250 e. The van der Waals surface area contributed by atoms with Crippen molar-refractivity contribution >= 4 is 34.4 Å². The van der Waals surface area contributed by atoms with Gasteiger partial charge in [-0.15, -0.1) is 0 Å². The molecular formula is C19H18BrFN4S. The lowest BCUT2D eigenvalue weighted by atomic mass is 9.87.